The number of para-hydroxylation sites is 1. The Kier molecular flexibility index (Phi) is 3.30. The Morgan fingerprint density at radius 3 is 2.74 bits per heavy atom. The first-order chi connectivity index (χ1) is 9.31. The molecular formula is C16H13BrO2. The molecule has 0 fully saturated rings. The van der Waals surface area contributed by atoms with Gasteiger partial charge in [0.1, 0.15) is 17.2 Å². The predicted molar refractivity (Wildman–Crippen MR) is 81.2 cm³/mol. The summed E-state index contributed by atoms with van der Waals surface area (Å²) in [6.07, 6.45) is 2.15. The fraction of sp³-hybridized carbons (Fsp3) is 0.125. The number of alkyl halides is 1. The van der Waals surface area contributed by atoms with Gasteiger partial charge in [0, 0.05) is 16.5 Å². The number of halogens is 1. The molecule has 0 aromatic heterocycles. The van der Waals surface area contributed by atoms with Gasteiger partial charge in [-0.25, -0.2) is 0 Å². The third-order valence-electron chi connectivity index (χ3n) is 3.15. The minimum Gasteiger partial charge on any atom is -0.497 e. The molecule has 0 atom stereocenters. The number of hydrogen-bond acceptors (Lipinski definition) is 2. The van der Waals surface area contributed by atoms with Crippen LogP contribution in [0.5, 0.6) is 17.2 Å². The van der Waals surface area contributed by atoms with Crippen molar-refractivity contribution in [2.45, 2.75) is 0 Å². The van der Waals surface area contributed by atoms with E-state index in [1.807, 2.05) is 36.4 Å². The predicted octanol–water partition coefficient (Wildman–Crippen LogP) is 4.74. The lowest BCUT2D eigenvalue weighted by molar-refractivity contribution is 0.412. The smallest absolute Gasteiger partial charge is 0.135 e. The third kappa shape index (κ3) is 2.26. The van der Waals surface area contributed by atoms with E-state index in [0.717, 1.165) is 33.7 Å². The average molecular weight is 317 g/mol. The number of benzene rings is 2. The summed E-state index contributed by atoms with van der Waals surface area (Å²) in [4.78, 5) is 0. The molecule has 1 aliphatic heterocycles. The number of hydrogen-bond donors (Lipinski definition) is 0. The summed E-state index contributed by atoms with van der Waals surface area (Å²) in [6.45, 7) is 0. The second-order valence-electron chi connectivity index (χ2n) is 4.31. The second kappa shape index (κ2) is 5.10. The van der Waals surface area contributed by atoms with Crippen molar-refractivity contribution in [3.8, 4) is 17.2 Å². The summed E-state index contributed by atoms with van der Waals surface area (Å²) in [5.74, 6) is 2.57. The molecule has 2 aromatic carbocycles. The van der Waals surface area contributed by atoms with Crippen LogP contribution in [0.4, 0.5) is 0 Å². The fourth-order valence-corrected chi connectivity index (χ4v) is 2.63. The van der Waals surface area contributed by atoms with E-state index in [1.54, 1.807) is 7.11 Å². The van der Waals surface area contributed by atoms with Gasteiger partial charge >= 0.3 is 0 Å². The van der Waals surface area contributed by atoms with Gasteiger partial charge in [0.25, 0.3) is 0 Å². The highest BCUT2D eigenvalue weighted by atomic mass is 79.9. The van der Waals surface area contributed by atoms with E-state index in [1.165, 1.54) is 5.57 Å². The van der Waals surface area contributed by atoms with Gasteiger partial charge in [-0.3, -0.25) is 0 Å². The molecular weight excluding hydrogens is 304 g/mol. The molecule has 1 aliphatic rings. The summed E-state index contributed by atoms with van der Waals surface area (Å²) < 4.78 is 11.3. The molecule has 0 saturated carbocycles. The highest BCUT2D eigenvalue weighted by Crippen LogP contribution is 2.39. The summed E-state index contributed by atoms with van der Waals surface area (Å²) in [5, 5.41) is 0.769. The Morgan fingerprint density at radius 1 is 1.11 bits per heavy atom. The van der Waals surface area contributed by atoms with Gasteiger partial charge in [0.15, 0.2) is 0 Å². The Balaban J connectivity index is 2.20. The zero-order chi connectivity index (χ0) is 13.2. The van der Waals surface area contributed by atoms with E-state index in [2.05, 4.69) is 28.1 Å². The Morgan fingerprint density at radius 2 is 1.95 bits per heavy atom. The van der Waals surface area contributed by atoms with Crippen LogP contribution in [-0.2, 0) is 0 Å². The average Bonchev–Trinajstić information content (AvgIpc) is 2.62. The molecule has 96 valence electrons. The Bertz CT molecular complexity index is 647. The van der Waals surface area contributed by atoms with Crippen molar-refractivity contribution in [2.75, 3.05) is 12.4 Å². The van der Waals surface area contributed by atoms with E-state index in [0.29, 0.717) is 0 Å². The van der Waals surface area contributed by atoms with E-state index < -0.39 is 0 Å². The normalized spacial score (nSPS) is 12.6. The minimum absolute atomic E-state index is 0.769. The summed E-state index contributed by atoms with van der Waals surface area (Å²) in [7, 11) is 1.67. The van der Waals surface area contributed by atoms with Gasteiger partial charge in [0.2, 0.25) is 0 Å². The SMILES string of the molecule is COc1ccc2c(c1)C(CBr)=Cc1ccccc1O2. The maximum absolute atomic E-state index is 6.01. The molecule has 2 nitrogen and oxygen atoms in total. The van der Waals surface area contributed by atoms with Crippen molar-refractivity contribution >= 4 is 27.6 Å². The lowest BCUT2D eigenvalue weighted by atomic mass is 10.0. The van der Waals surface area contributed by atoms with E-state index >= 15 is 0 Å². The van der Waals surface area contributed by atoms with Crippen molar-refractivity contribution in [1.29, 1.82) is 0 Å². The second-order valence-corrected chi connectivity index (χ2v) is 4.87. The molecule has 3 heteroatoms. The molecule has 0 spiro atoms. The van der Waals surface area contributed by atoms with E-state index in [9.17, 15) is 0 Å². The van der Waals surface area contributed by atoms with E-state index in [-0.39, 0.29) is 0 Å². The van der Waals surface area contributed by atoms with Gasteiger partial charge in [-0.1, -0.05) is 34.1 Å². The zero-order valence-electron chi connectivity index (χ0n) is 10.5. The molecule has 0 unspecified atom stereocenters. The standard InChI is InChI=1S/C16H13BrO2/c1-18-13-6-7-16-14(9-13)12(10-17)8-11-4-2-3-5-15(11)19-16/h2-9H,10H2,1H3. The van der Waals surface area contributed by atoms with Crippen LogP contribution in [0.1, 0.15) is 11.1 Å². The van der Waals surface area contributed by atoms with Gasteiger partial charge in [0.05, 0.1) is 7.11 Å². The molecule has 3 rings (SSSR count). The van der Waals surface area contributed by atoms with Crippen LogP contribution in [0.25, 0.3) is 11.6 Å². The lowest BCUT2D eigenvalue weighted by Crippen LogP contribution is -1.92. The minimum atomic E-state index is 0.769. The monoisotopic (exact) mass is 316 g/mol. The Hall–Kier alpha value is -1.74. The van der Waals surface area contributed by atoms with Gasteiger partial charge in [-0.15, -0.1) is 0 Å². The van der Waals surface area contributed by atoms with Crippen LogP contribution in [0, 0.1) is 0 Å². The zero-order valence-corrected chi connectivity index (χ0v) is 12.1. The molecule has 1 heterocycles. The van der Waals surface area contributed by atoms with Gasteiger partial charge < -0.3 is 9.47 Å². The Labute approximate surface area is 120 Å². The number of methoxy groups -OCH3 is 1. The van der Waals surface area contributed by atoms with Crippen molar-refractivity contribution in [3.63, 3.8) is 0 Å². The quantitative estimate of drug-likeness (QED) is 0.745. The molecule has 0 N–H and O–H groups in total. The number of ether oxygens (including phenoxy) is 2. The van der Waals surface area contributed by atoms with Gasteiger partial charge in [-0.2, -0.15) is 0 Å². The van der Waals surface area contributed by atoms with Crippen molar-refractivity contribution in [3.05, 3.63) is 53.6 Å². The summed E-state index contributed by atoms with van der Waals surface area (Å²) >= 11 is 3.55. The fourth-order valence-electron chi connectivity index (χ4n) is 2.16. The molecule has 0 saturated heterocycles. The maximum atomic E-state index is 6.01. The molecule has 2 aromatic rings. The van der Waals surface area contributed by atoms with E-state index in [4.69, 9.17) is 9.47 Å². The molecule has 0 bridgehead atoms. The molecule has 0 amide bonds. The largest absolute Gasteiger partial charge is 0.497 e. The third-order valence-corrected chi connectivity index (χ3v) is 3.75. The maximum Gasteiger partial charge on any atom is 0.135 e. The highest BCUT2D eigenvalue weighted by molar-refractivity contribution is 9.09. The van der Waals surface area contributed by atoms with Crippen molar-refractivity contribution in [1.82, 2.24) is 0 Å². The molecule has 0 aliphatic carbocycles. The molecule has 0 radical (unpaired) electrons. The van der Waals surface area contributed by atoms with Crippen LogP contribution in [0.2, 0.25) is 0 Å². The first kappa shape index (κ1) is 12.3. The van der Waals surface area contributed by atoms with Crippen LogP contribution in [-0.4, -0.2) is 12.4 Å². The number of rotatable bonds is 2. The lowest BCUT2D eigenvalue weighted by Gasteiger charge is -2.11. The van der Waals surface area contributed by atoms with Crippen LogP contribution in [0.15, 0.2) is 42.5 Å². The first-order valence-corrected chi connectivity index (χ1v) is 7.16. The van der Waals surface area contributed by atoms with Crippen LogP contribution in [0.3, 0.4) is 0 Å². The summed E-state index contributed by atoms with van der Waals surface area (Å²) in [5.41, 5.74) is 3.33. The van der Waals surface area contributed by atoms with Gasteiger partial charge in [-0.05, 0) is 35.9 Å². The molecule has 19 heavy (non-hydrogen) atoms. The number of allylic oxidation sites excluding steroid dienone is 1. The van der Waals surface area contributed by atoms with Crippen LogP contribution >= 0.6 is 15.9 Å². The first-order valence-electron chi connectivity index (χ1n) is 6.03. The topological polar surface area (TPSA) is 18.5 Å². The van der Waals surface area contributed by atoms with Crippen molar-refractivity contribution in [2.24, 2.45) is 0 Å². The van der Waals surface area contributed by atoms with Crippen molar-refractivity contribution < 1.29 is 9.47 Å². The number of fused-ring (bicyclic) bond motifs is 2. The van der Waals surface area contributed by atoms with Crippen LogP contribution < -0.4 is 9.47 Å². The summed E-state index contributed by atoms with van der Waals surface area (Å²) in [6, 6.07) is 13.9. The highest BCUT2D eigenvalue weighted by Gasteiger charge is 2.16.